The van der Waals surface area contributed by atoms with Crippen LogP contribution in [0.2, 0.25) is 0 Å². The molecule has 0 amide bonds. The number of aryl methyl sites for hydroxylation is 1. The van der Waals surface area contributed by atoms with Crippen LogP contribution in [0.5, 0.6) is 0 Å². The van der Waals surface area contributed by atoms with E-state index in [1.54, 1.807) is 23.4 Å². The molecule has 0 aliphatic carbocycles. The fourth-order valence-electron chi connectivity index (χ4n) is 1.70. The number of carbonyl (C=O) groups is 1. The van der Waals surface area contributed by atoms with Crippen molar-refractivity contribution in [1.82, 2.24) is 9.78 Å². The van der Waals surface area contributed by atoms with Gasteiger partial charge in [-0.1, -0.05) is 20.8 Å². The number of nitrogen functional groups attached to an aromatic ring is 1. The number of carbonyl (C=O) groups excluding carboxylic acids is 1. The largest absolute Gasteiger partial charge is 0.462 e. The highest BCUT2D eigenvalue weighted by atomic mass is 32.2. The Hall–Kier alpha value is -1.17. The molecule has 6 heteroatoms. The van der Waals surface area contributed by atoms with Crippen LogP contribution in [0.15, 0.2) is 5.03 Å². The van der Waals surface area contributed by atoms with Gasteiger partial charge in [-0.3, -0.25) is 0 Å². The molecule has 0 unspecified atom stereocenters. The number of rotatable bonds is 8. The maximum atomic E-state index is 12.0. The molecular weight excluding hydrogens is 274 g/mol. The van der Waals surface area contributed by atoms with Crippen molar-refractivity contribution < 1.29 is 9.53 Å². The molecule has 20 heavy (non-hydrogen) atoms. The summed E-state index contributed by atoms with van der Waals surface area (Å²) in [4.78, 5) is 12.0. The van der Waals surface area contributed by atoms with Crippen molar-refractivity contribution in [2.75, 3.05) is 18.1 Å². The quantitative estimate of drug-likeness (QED) is 0.589. The van der Waals surface area contributed by atoms with Crippen molar-refractivity contribution >= 4 is 23.5 Å². The lowest BCUT2D eigenvalue weighted by Gasteiger charge is -2.06. The van der Waals surface area contributed by atoms with Gasteiger partial charge in [0.15, 0.2) is 0 Å². The molecule has 0 saturated heterocycles. The highest BCUT2D eigenvalue weighted by molar-refractivity contribution is 7.99. The van der Waals surface area contributed by atoms with Gasteiger partial charge in [0.25, 0.3) is 0 Å². The standard InChI is InChI=1S/C14H25N3O2S/c1-5-9-20-13-11(14(18)19-6-2)12(15)17(16-13)8-7-10(3)4/h10H,5-9,15H2,1-4H3. The molecule has 0 radical (unpaired) electrons. The molecule has 0 bridgehead atoms. The van der Waals surface area contributed by atoms with Crippen LogP contribution in [0, 0.1) is 5.92 Å². The summed E-state index contributed by atoms with van der Waals surface area (Å²) in [7, 11) is 0. The molecule has 114 valence electrons. The van der Waals surface area contributed by atoms with Crippen LogP contribution >= 0.6 is 11.8 Å². The Kier molecular flexibility index (Phi) is 6.91. The van der Waals surface area contributed by atoms with Gasteiger partial charge in [-0.05, 0) is 31.4 Å². The molecule has 5 nitrogen and oxygen atoms in total. The summed E-state index contributed by atoms with van der Waals surface area (Å²) in [5.41, 5.74) is 6.50. The van der Waals surface area contributed by atoms with Crippen molar-refractivity contribution in [2.24, 2.45) is 5.92 Å². The van der Waals surface area contributed by atoms with Gasteiger partial charge in [0.1, 0.15) is 16.4 Å². The van der Waals surface area contributed by atoms with Gasteiger partial charge in [-0.15, -0.1) is 11.8 Å². The predicted octanol–water partition coefficient (Wildman–Crippen LogP) is 3.19. The number of hydrogen-bond acceptors (Lipinski definition) is 5. The average molecular weight is 299 g/mol. The van der Waals surface area contributed by atoms with Crippen LogP contribution in [0.4, 0.5) is 5.82 Å². The van der Waals surface area contributed by atoms with Gasteiger partial charge >= 0.3 is 5.97 Å². The van der Waals surface area contributed by atoms with Gasteiger partial charge in [-0.25, -0.2) is 9.48 Å². The molecule has 0 spiro atoms. The lowest BCUT2D eigenvalue weighted by Crippen LogP contribution is -2.11. The van der Waals surface area contributed by atoms with E-state index in [2.05, 4.69) is 25.9 Å². The maximum Gasteiger partial charge on any atom is 0.344 e. The summed E-state index contributed by atoms with van der Waals surface area (Å²) in [6.07, 6.45) is 2.00. The molecule has 0 aliphatic heterocycles. The Labute approximate surface area is 125 Å². The topological polar surface area (TPSA) is 70.1 Å². The number of nitrogens with zero attached hydrogens (tertiary/aromatic N) is 2. The Balaban J connectivity index is 3.00. The molecule has 0 aliphatic rings. The lowest BCUT2D eigenvalue weighted by atomic mass is 10.1. The Bertz CT molecular complexity index is 444. The molecule has 1 aromatic heterocycles. The van der Waals surface area contributed by atoms with E-state index in [1.165, 1.54) is 0 Å². The number of aromatic nitrogens is 2. The zero-order valence-electron chi connectivity index (χ0n) is 12.8. The number of ether oxygens (including phenoxy) is 1. The van der Waals surface area contributed by atoms with Crippen LogP contribution in [0.1, 0.15) is 50.9 Å². The number of hydrogen-bond donors (Lipinski definition) is 1. The number of nitrogens with two attached hydrogens (primary N) is 1. The van der Waals surface area contributed by atoms with Crippen LogP contribution in [-0.2, 0) is 11.3 Å². The minimum atomic E-state index is -0.376. The minimum absolute atomic E-state index is 0.341. The van der Waals surface area contributed by atoms with E-state index in [1.807, 2.05) is 0 Å². The van der Waals surface area contributed by atoms with Gasteiger partial charge in [0.2, 0.25) is 0 Å². The first-order chi connectivity index (χ1) is 9.51. The fourth-order valence-corrected chi connectivity index (χ4v) is 2.58. The van der Waals surface area contributed by atoms with Crippen molar-refractivity contribution in [3.05, 3.63) is 5.56 Å². The summed E-state index contributed by atoms with van der Waals surface area (Å²) in [6, 6.07) is 0. The third kappa shape index (κ3) is 4.44. The maximum absolute atomic E-state index is 12.0. The molecule has 1 aromatic rings. The van der Waals surface area contributed by atoms with E-state index in [9.17, 15) is 4.79 Å². The first-order valence-corrected chi connectivity index (χ1v) is 8.15. The predicted molar refractivity (Wildman–Crippen MR) is 83.1 cm³/mol. The van der Waals surface area contributed by atoms with Gasteiger partial charge in [-0.2, -0.15) is 5.10 Å². The molecular formula is C14H25N3O2S. The van der Waals surface area contributed by atoms with Crippen LogP contribution in [0.3, 0.4) is 0 Å². The van der Waals surface area contributed by atoms with E-state index in [0.29, 0.717) is 28.9 Å². The van der Waals surface area contributed by atoms with Crippen molar-refractivity contribution in [3.8, 4) is 0 Å². The number of esters is 1. The number of thioether (sulfide) groups is 1. The molecule has 0 aromatic carbocycles. The first-order valence-electron chi connectivity index (χ1n) is 7.17. The molecule has 0 atom stereocenters. The monoisotopic (exact) mass is 299 g/mol. The summed E-state index contributed by atoms with van der Waals surface area (Å²) >= 11 is 1.56. The molecule has 1 rings (SSSR count). The van der Waals surface area contributed by atoms with Crippen molar-refractivity contribution in [3.63, 3.8) is 0 Å². The Morgan fingerprint density at radius 3 is 2.70 bits per heavy atom. The molecule has 0 saturated carbocycles. The van der Waals surface area contributed by atoms with E-state index < -0.39 is 0 Å². The second-order valence-electron chi connectivity index (χ2n) is 5.04. The highest BCUT2D eigenvalue weighted by Gasteiger charge is 2.23. The summed E-state index contributed by atoms with van der Waals surface area (Å²) in [5.74, 6) is 1.52. The minimum Gasteiger partial charge on any atom is -0.462 e. The zero-order valence-corrected chi connectivity index (χ0v) is 13.6. The fraction of sp³-hybridized carbons (Fsp3) is 0.714. The Morgan fingerprint density at radius 2 is 2.15 bits per heavy atom. The normalized spacial score (nSPS) is 11.1. The highest BCUT2D eigenvalue weighted by Crippen LogP contribution is 2.28. The average Bonchev–Trinajstić information content (AvgIpc) is 2.70. The summed E-state index contributed by atoms with van der Waals surface area (Å²) in [5, 5.41) is 5.16. The van der Waals surface area contributed by atoms with Crippen molar-refractivity contribution in [2.45, 2.75) is 52.1 Å². The summed E-state index contributed by atoms with van der Waals surface area (Å²) in [6.45, 7) is 9.25. The zero-order chi connectivity index (χ0) is 15.1. The smallest absolute Gasteiger partial charge is 0.344 e. The first kappa shape index (κ1) is 16.9. The van der Waals surface area contributed by atoms with E-state index in [-0.39, 0.29) is 5.97 Å². The molecule has 0 fully saturated rings. The Morgan fingerprint density at radius 1 is 1.45 bits per heavy atom. The molecule has 2 N–H and O–H groups in total. The SMILES string of the molecule is CCCSc1nn(CCC(C)C)c(N)c1C(=O)OCC. The van der Waals surface area contributed by atoms with Gasteiger partial charge in [0, 0.05) is 6.54 Å². The van der Waals surface area contributed by atoms with Gasteiger partial charge < -0.3 is 10.5 Å². The van der Waals surface area contributed by atoms with E-state index in [0.717, 1.165) is 25.1 Å². The van der Waals surface area contributed by atoms with Crippen LogP contribution < -0.4 is 5.73 Å². The van der Waals surface area contributed by atoms with Crippen molar-refractivity contribution in [1.29, 1.82) is 0 Å². The second-order valence-corrected chi connectivity index (χ2v) is 6.12. The molecule has 1 heterocycles. The van der Waals surface area contributed by atoms with Crippen LogP contribution in [-0.4, -0.2) is 28.1 Å². The number of anilines is 1. The van der Waals surface area contributed by atoms with E-state index in [4.69, 9.17) is 10.5 Å². The van der Waals surface area contributed by atoms with Gasteiger partial charge in [0.05, 0.1) is 6.61 Å². The van der Waals surface area contributed by atoms with Crippen LogP contribution in [0.25, 0.3) is 0 Å². The third-order valence-corrected chi connectivity index (χ3v) is 3.97. The third-order valence-electron chi connectivity index (χ3n) is 2.80. The summed E-state index contributed by atoms with van der Waals surface area (Å²) < 4.78 is 6.81. The lowest BCUT2D eigenvalue weighted by molar-refractivity contribution is 0.0523. The van der Waals surface area contributed by atoms with E-state index >= 15 is 0 Å². The second kappa shape index (κ2) is 8.19.